The first-order valence-electron chi connectivity index (χ1n) is 23.9. The minimum Gasteiger partial charge on any atom is -0.308 e. The molecule has 12 rings (SSSR count). The van der Waals surface area contributed by atoms with Crippen molar-refractivity contribution in [3.8, 4) is 79.1 Å². The van der Waals surface area contributed by atoms with Gasteiger partial charge in [-0.3, -0.25) is 0 Å². The Hall–Kier alpha value is -11.0. The smallest absolute Gasteiger partial charge is 0.308 e. The van der Waals surface area contributed by atoms with E-state index in [2.05, 4.69) is 26.7 Å². The highest BCUT2D eigenvalue weighted by Gasteiger charge is 2.35. The van der Waals surface area contributed by atoms with Gasteiger partial charge in [0, 0.05) is 27.1 Å². The number of rotatable bonds is 7. The Balaban J connectivity index is 1.25. The lowest BCUT2D eigenvalue weighted by molar-refractivity contribution is -0.137. The lowest BCUT2D eigenvalue weighted by Gasteiger charge is -2.23. The number of halogens is 3. The molecule has 0 N–H and O–H groups in total. The van der Waals surface area contributed by atoms with Gasteiger partial charge < -0.3 is 9.13 Å². The molecule has 0 amide bonds. The lowest BCUT2D eigenvalue weighted by atomic mass is 9.96. The molecule has 10 aromatic carbocycles. The highest BCUT2D eigenvalue weighted by Crippen LogP contribution is 2.48. The van der Waals surface area contributed by atoms with Crippen LogP contribution < -0.4 is 0 Å². The van der Waals surface area contributed by atoms with Crippen LogP contribution in [-0.4, -0.2) is 9.13 Å². The van der Waals surface area contributed by atoms with Crippen molar-refractivity contribution in [2.45, 2.75) is 6.18 Å². The maximum atomic E-state index is 16.2. The van der Waals surface area contributed by atoms with Crippen molar-refractivity contribution in [1.29, 1.82) is 10.5 Å². The Kier molecular flexibility index (Phi) is 11.1. The standard InChI is InChI=1S/C66H34F3N7/c1-72-52-23-15-44(16-24-52)48-21-29-57-58-30-22-49(45-17-25-53(73-2)26-18-45)35-62(58)76(61(57)34-48)64-37-51(66(67,68)69)36-63(65(64)50-5-4-6-54(31-50)74-3)75-59-32-46(42-11-7-40(38-70)8-12-42)19-27-55(59)56-28-20-47(33-60(56)75)43-13-9-41(39-71)10-14-43/h4-37H. The van der Waals surface area contributed by atoms with E-state index in [1.165, 1.54) is 12.1 Å². The molecule has 76 heavy (non-hydrogen) atoms. The zero-order valence-corrected chi connectivity index (χ0v) is 39.9. The van der Waals surface area contributed by atoms with Crippen molar-refractivity contribution < 1.29 is 13.2 Å². The van der Waals surface area contributed by atoms with Gasteiger partial charge in [0.25, 0.3) is 0 Å². The predicted molar refractivity (Wildman–Crippen MR) is 296 cm³/mol. The van der Waals surface area contributed by atoms with Gasteiger partial charge in [-0.2, -0.15) is 23.7 Å². The van der Waals surface area contributed by atoms with Crippen LogP contribution in [0.3, 0.4) is 0 Å². The van der Waals surface area contributed by atoms with E-state index in [1.54, 1.807) is 66.7 Å². The third-order valence-corrected chi connectivity index (χ3v) is 14.1. The minimum absolute atomic E-state index is 0.202. The van der Waals surface area contributed by atoms with Crippen LogP contribution in [0.15, 0.2) is 206 Å². The molecule has 7 nitrogen and oxygen atoms in total. The molecule has 0 bridgehead atoms. The van der Waals surface area contributed by atoms with Crippen LogP contribution in [0.5, 0.6) is 0 Å². The van der Waals surface area contributed by atoms with E-state index >= 15 is 13.2 Å². The number of alkyl halides is 3. The molecular weight excluding hydrogens is 948 g/mol. The number of aromatic nitrogens is 2. The average molecular weight is 982 g/mol. The van der Waals surface area contributed by atoms with Crippen molar-refractivity contribution in [3.63, 3.8) is 0 Å². The maximum absolute atomic E-state index is 16.2. The van der Waals surface area contributed by atoms with Crippen LogP contribution in [0, 0.1) is 42.4 Å². The normalized spacial score (nSPS) is 11.3. The summed E-state index contributed by atoms with van der Waals surface area (Å²) in [6.07, 6.45) is -4.86. The summed E-state index contributed by atoms with van der Waals surface area (Å²) in [5, 5.41) is 22.4. The third-order valence-electron chi connectivity index (χ3n) is 14.1. The summed E-state index contributed by atoms with van der Waals surface area (Å²) in [6.45, 7) is 23.3. The summed E-state index contributed by atoms with van der Waals surface area (Å²) in [6, 6.07) is 66.1. The summed E-state index contributed by atoms with van der Waals surface area (Å²) < 4.78 is 52.3. The Morgan fingerprint density at radius 1 is 0.355 bits per heavy atom. The van der Waals surface area contributed by atoms with E-state index in [1.807, 2.05) is 137 Å². The molecule has 0 saturated carbocycles. The van der Waals surface area contributed by atoms with Gasteiger partial charge in [0.15, 0.2) is 17.1 Å². The van der Waals surface area contributed by atoms with Crippen molar-refractivity contribution in [3.05, 3.63) is 257 Å². The zero-order chi connectivity index (χ0) is 52.2. The Morgan fingerprint density at radius 2 is 0.684 bits per heavy atom. The van der Waals surface area contributed by atoms with Crippen LogP contribution in [0.1, 0.15) is 16.7 Å². The van der Waals surface area contributed by atoms with E-state index in [0.717, 1.165) is 66.1 Å². The molecule has 2 aromatic heterocycles. The van der Waals surface area contributed by atoms with Crippen LogP contribution in [-0.2, 0) is 6.18 Å². The number of hydrogen-bond acceptors (Lipinski definition) is 2. The van der Waals surface area contributed by atoms with Crippen LogP contribution >= 0.6 is 0 Å². The van der Waals surface area contributed by atoms with E-state index in [4.69, 9.17) is 19.7 Å². The summed E-state index contributed by atoms with van der Waals surface area (Å²) in [4.78, 5) is 11.0. The molecule has 12 aromatic rings. The fraction of sp³-hybridized carbons (Fsp3) is 0.0152. The molecule has 354 valence electrons. The summed E-state index contributed by atoms with van der Waals surface area (Å²) in [5.74, 6) is 0. The summed E-state index contributed by atoms with van der Waals surface area (Å²) >= 11 is 0. The fourth-order valence-corrected chi connectivity index (χ4v) is 10.4. The fourth-order valence-electron chi connectivity index (χ4n) is 10.4. The minimum atomic E-state index is -4.86. The summed E-state index contributed by atoms with van der Waals surface area (Å²) in [5.41, 5.74) is 11.4. The average Bonchev–Trinajstić information content (AvgIpc) is 4.00. The monoisotopic (exact) mass is 981 g/mol. The molecule has 0 saturated heterocycles. The van der Waals surface area contributed by atoms with Gasteiger partial charge in [0.1, 0.15) is 0 Å². The lowest BCUT2D eigenvalue weighted by Crippen LogP contribution is -2.11. The van der Waals surface area contributed by atoms with Gasteiger partial charge in [-0.15, -0.1) is 0 Å². The quantitative estimate of drug-likeness (QED) is 0.149. The zero-order valence-electron chi connectivity index (χ0n) is 39.9. The first-order chi connectivity index (χ1) is 37.0. The van der Waals surface area contributed by atoms with Crippen molar-refractivity contribution >= 4 is 60.7 Å². The molecule has 2 heterocycles. The predicted octanol–water partition coefficient (Wildman–Crippen LogP) is 18.6. The van der Waals surface area contributed by atoms with Crippen molar-refractivity contribution in [1.82, 2.24) is 9.13 Å². The molecule has 0 aliphatic heterocycles. The maximum Gasteiger partial charge on any atom is 0.416 e. The highest BCUT2D eigenvalue weighted by atomic mass is 19.4. The van der Waals surface area contributed by atoms with Gasteiger partial charge in [-0.25, -0.2) is 14.5 Å². The third kappa shape index (κ3) is 7.92. The number of fused-ring (bicyclic) bond motifs is 6. The summed E-state index contributed by atoms with van der Waals surface area (Å²) in [7, 11) is 0. The second-order valence-corrected chi connectivity index (χ2v) is 18.3. The number of nitriles is 2. The molecule has 10 heteroatoms. The van der Waals surface area contributed by atoms with Crippen LogP contribution in [0.2, 0.25) is 0 Å². The molecule has 0 spiro atoms. The second kappa shape index (κ2) is 18.3. The van der Waals surface area contributed by atoms with E-state index in [-0.39, 0.29) is 11.4 Å². The molecule has 0 fully saturated rings. The van der Waals surface area contributed by atoms with Crippen LogP contribution in [0.25, 0.3) is 125 Å². The van der Waals surface area contributed by atoms with E-state index < -0.39 is 11.7 Å². The number of nitrogens with zero attached hydrogens (tertiary/aromatic N) is 7. The number of hydrogen-bond donors (Lipinski definition) is 0. The highest BCUT2D eigenvalue weighted by molar-refractivity contribution is 6.14. The second-order valence-electron chi connectivity index (χ2n) is 18.3. The van der Waals surface area contributed by atoms with Crippen molar-refractivity contribution in [2.75, 3.05) is 0 Å². The van der Waals surface area contributed by atoms with E-state index in [0.29, 0.717) is 61.4 Å². The Bertz CT molecular complexity index is 4100. The van der Waals surface area contributed by atoms with Gasteiger partial charge in [-0.05, 0) is 117 Å². The molecule has 0 unspecified atom stereocenters. The van der Waals surface area contributed by atoms with Gasteiger partial charge in [0.05, 0.1) is 82.0 Å². The topological polar surface area (TPSA) is 70.5 Å². The first-order valence-corrected chi connectivity index (χ1v) is 23.9. The van der Waals surface area contributed by atoms with E-state index in [9.17, 15) is 10.5 Å². The number of benzene rings is 10. The molecule has 0 aliphatic rings. The molecular formula is C66H34F3N7. The van der Waals surface area contributed by atoms with Crippen molar-refractivity contribution in [2.24, 2.45) is 0 Å². The van der Waals surface area contributed by atoms with Gasteiger partial charge in [0.2, 0.25) is 0 Å². The molecule has 0 atom stereocenters. The largest absolute Gasteiger partial charge is 0.416 e. The van der Waals surface area contributed by atoms with Crippen LogP contribution in [0.4, 0.5) is 30.2 Å². The molecule has 0 radical (unpaired) electrons. The molecule has 0 aliphatic carbocycles. The first kappa shape index (κ1) is 46.1. The van der Waals surface area contributed by atoms with Gasteiger partial charge in [-0.1, -0.05) is 140 Å². The Labute approximate surface area is 434 Å². The van der Waals surface area contributed by atoms with Gasteiger partial charge >= 0.3 is 6.18 Å². The Morgan fingerprint density at radius 3 is 1.00 bits per heavy atom. The SMILES string of the molecule is [C-]#[N+]c1ccc(-c2ccc3c4ccc(-c5ccc([N+]#[C-])cc5)cc4n(-c4cc(C(F)(F)F)cc(-n5c6cc(-c7ccc(C#N)cc7)ccc6c6ccc(-c7ccc(C#N)cc7)cc65)c4-c4cccc([N+]#[C-])c4)c3c2)cc1.